The quantitative estimate of drug-likeness (QED) is 0.556. The van der Waals surface area contributed by atoms with E-state index in [1.165, 1.54) is 0 Å². The Hall–Kier alpha value is -0.930. The zero-order valence-electron chi connectivity index (χ0n) is 7.39. The van der Waals surface area contributed by atoms with Crippen LogP contribution >= 0.6 is 11.6 Å². The van der Waals surface area contributed by atoms with Gasteiger partial charge in [-0.2, -0.15) is 0 Å². The molecular weight excluding hydrogens is 186 g/mol. The summed E-state index contributed by atoms with van der Waals surface area (Å²) in [5, 5.41) is 7.22. The molecule has 0 radical (unpaired) electrons. The molecule has 0 aromatic heterocycles. The summed E-state index contributed by atoms with van der Waals surface area (Å²) in [7, 11) is 0. The third-order valence-electron chi connectivity index (χ3n) is 2.17. The van der Waals surface area contributed by atoms with Crippen LogP contribution in [-0.2, 0) is 6.54 Å². The maximum Gasteiger partial charge on any atom is 0.0742 e. The lowest BCUT2D eigenvalue weighted by Gasteiger charge is -2.26. The minimum atomic E-state index is 0.260. The Morgan fingerprint density at radius 1 is 1.54 bits per heavy atom. The lowest BCUT2D eigenvalue weighted by molar-refractivity contribution is 0.580. The summed E-state index contributed by atoms with van der Waals surface area (Å²) in [4.78, 5) is 0. The van der Waals surface area contributed by atoms with Gasteiger partial charge < -0.3 is 11.1 Å². The summed E-state index contributed by atoms with van der Waals surface area (Å²) in [6.07, 6.45) is 0.260. The van der Waals surface area contributed by atoms with Gasteiger partial charge in [-0.1, -0.05) is 11.6 Å². The number of nitrogens with one attached hydrogen (secondary N) is 2. The molecule has 0 saturated heterocycles. The Balaban J connectivity index is 2.47. The number of hydrogen-bond donors (Lipinski definition) is 3. The summed E-state index contributed by atoms with van der Waals surface area (Å²) in [6, 6.07) is 3.70. The Morgan fingerprint density at radius 2 is 2.31 bits per heavy atom. The van der Waals surface area contributed by atoms with Crippen molar-refractivity contribution in [3.63, 3.8) is 0 Å². The van der Waals surface area contributed by atoms with E-state index in [9.17, 15) is 0 Å². The van der Waals surface area contributed by atoms with Gasteiger partial charge in [-0.3, -0.25) is 5.32 Å². The van der Waals surface area contributed by atoms with Crippen LogP contribution in [0.4, 0.5) is 11.4 Å². The van der Waals surface area contributed by atoms with Crippen molar-refractivity contribution in [3.05, 3.63) is 22.7 Å². The highest BCUT2D eigenvalue weighted by Crippen LogP contribution is 2.30. The van der Waals surface area contributed by atoms with Gasteiger partial charge in [-0.25, -0.2) is 0 Å². The summed E-state index contributed by atoms with van der Waals surface area (Å²) < 4.78 is 0. The van der Waals surface area contributed by atoms with Crippen LogP contribution < -0.4 is 16.4 Å². The zero-order chi connectivity index (χ0) is 9.42. The summed E-state index contributed by atoms with van der Waals surface area (Å²) >= 11 is 5.88. The van der Waals surface area contributed by atoms with Crippen molar-refractivity contribution in [2.24, 2.45) is 0 Å². The molecular formula is C9H12ClN3. The average molecular weight is 198 g/mol. The smallest absolute Gasteiger partial charge is 0.0742 e. The van der Waals surface area contributed by atoms with Gasteiger partial charge in [0.15, 0.2) is 0 Å². The largest absolute Gasteiger partial charge is 0.397 e. The van der Waals surface area contributed by atoms with Crippen molar-refractivity contribution >= 4 is 23.0 Å². The molecule has 1 heterocycles. The lowest BCUT2D eigenvalue weighted by Crippen LogP contribution is -2.37. The molecule has 1 aromatic rings. The van der Waals surface area contributed by atoms with Crippen LogP contribution in [0, 0.1) is 0 Å². The second kappa shape index (κ2) is 3.09. The normalized spacial score (nSPS) is 20.6. The minimum absolute atomic E-state index is 0.260. The van der Waals surface area contributed by atoms with Gasteiger partial charge in [0.2, 0.25) is 0 Å². The fourth-order valence-corrected chi connectivity index (χ4v) is 1.78. The van der Waals surface area contributed by atoms with E-state index in [0.717, 1.165) is 23.5 Å². The first-order chi connectivity index (χ1) is 6.16. The molecule has 0 bridgehead atoms. The predicted molar refractivity (Wildman–Crippen MR) is 55.8 cm³/mol. The van der Waals surface area contributed by atoms with E-state index in [1.54, 1.807) is 6.07 Å². The maximum atomic E-state index is 5.88. The van der Waals surface area contributed by atoms with Gasteiger partial charge in [0.25, 0.3) is 0 Å². The molecule has 3 nitrogen and oxygen atoms in total. The summed E-state index contributed by atoms with van der Waals surface area (Å²) in [5.41, 5.74) is 8.69. The van der Waals surface area contributed by atoms with Crippen LogP contribution in [0.15, 0.2) is 12.1 Å². The summed E-state index contributed by atoms with van der Waals surface area (Å²) in [6.45, 7) is 2.87. The van der Waals surface area contributed by atoms with E-state index in [4.69, 9.17) is 17.3 Å². The molecule has 0 amide bonds. The highest BCUT2D eigenvalue weighted by atomic mass is 35.5. The molecule has 70 valence electrons. The van der Waals surface area contributed by atoms with Crippen molar-refractivity contribution in [1.29, 1.82) is 0 Å². The number of benzene rings is 1. The van der Waals surface area contributed by atoms with Crippen LogP contribution in [0.3, 0.4) is 0 Å². The third-order valence-corrected chi connectivity index (χ3v) is 2.39. The molecule has 4 N–H and O–H groups in total. The minimum Gasteiger partial charge on any atom is -0.397 e. The molecule has 1 aromatic carbocycles. The van der Waals surface area contributed by atoms with E-state index in [2.05, 4.69) is 17.6 Å². The predicted octanol–water partition coefficient (Wildman–Crippen LogP) is 1.78. The van der Waals surface area contributed by atoms with Crippen molar-refractivity contribution < 1.29 is 0 Å². The molecule has 13 heavy (non-hydrogen) atoms. The second-order valence-electron chi connectivity index (χ2n) is 3.28. The SMILES string of the molecule is CC1NCc2cc(Cl)cc(N)c2N1. The van der Waals surface area contributed by atoms with E-state index in [1.807, 2.05) is 6.07 Å². The number of nitrogens with two attached hydrogens (primary N) is 1. The molecule has 0 aliphatic carbocycles. The Bertz CT molecular complexity index is 338. The van der Waals surface area contributed by atoms with E-state index in [-0.39, 0.29) is 6.17 Å². The number of anilines is 2. The Kier molecular flexibility index (Phi) is 2.06. The monoisotopic (exact) mass is 197 g/mol. The molecule has 1 aliphatic heterocycles. The van der Waals surface area contributed by atoms with Gasteiger partial charge in [0.1, 0.15) is 0 Å². The topological polar surface area (TPSA) is 50.1 Å². The number of halogens is 1. The first kappa shape index (κ1) is 8.66. The highest BCUT2D eigenvalue weighted by Gasteiger charge is 2.15. The van der Waals surface area contributed by atoms with Gasteiger partial charge in [0.05, 0.1) is 17.5 Å². The van der Waals surface area contributed by atoms with Crippen LogP contribution in [0.5, 0.6) is 0 Å². The second-order valence-corrected chi connectivity index (χ2v) is 3.71. The maximum absolute atomic E-state index is 5.88. The van der Waals surface area contributed by atoms with E-state index >= 15 is 0 Å². The number of nitrogen functional groups attached to an aromatic ring is 1. The third kappa shape index (κ3) is 1.57. The van der Waals surface area contributed by atoms with Crippen LogP contribution in [0.1, 0.15) is 12.5 Å². The zero-order valence-corrected chi connectivity index (χ0v) is 8.15. The average Bonchev–Trinajstić information content (AvgIpc) is 2.06. The molecule has 1 unspecified atom stereocenters. The number of hydrogen-bond acceptors (Lipinski definition) is 3. The Morgan fingerprint density at radius 3 is 3.08 bits per heavy atom. The Labute approximate surface area is 82.3 Å². The molecule has 4 heteroatoms. The van der Waals surface area contributed by atoms with Crippen molar-refractivity contribution in [2.45, 2.75) is 19.6 Å². The van der Waals surface area contributed by atoms with Crippen molar-refractivity contribution in [3.8, 4) is 0 Å². The molecule has 2 rings (SSSR count). The molecule has 0 spiro atoms. The first-order valence-corrected chi connectivity index (χ1v) is 4.62. The van der Waals surface area contributed by atoms with Gasteiger partial charge in [0, 0.05) is 11.6 Å². The van der Waals surface area contributed by atoms with E-state index < -0.39 is 0 Å². The van der Waals surface area contributed by atoms with Crippen LogP contribution in [0.25, 0.3) is 0 Å². The standard InChI is InChI=1S/C9H12ClN3/c1-5-12-4-6-2-7(10)3-8(11)9(6)13-5/h2-3,5,12-13H,4,11H2,1H3. The van der Waals surface area contributed by atoms with Gasteiger partial charge in [-0.05, 0) is 24.6 Å². The fraction of sp³-hybridized carbons (Fsp3) is 0.333. The molecule has 0 fully saturated rings. The van der Waals surface area contributed by atoms with Gasteiger partial charge >= 0.3 is 0 Å². The highest BCUT2D eigenvalue weighted by molar-refractivity contribution is 6.31. The number of fused-ring (bicyclic) bond motifs is 1. The van der Waals surface area contributed by atoms with Crippen LogP contribution in [0.2, 0.25) is 5.02 Å². The first-order valence-electron chi connectivity index (χ1n) is 4.24. The van der Waals surface area contributed by atoms with E-state index in [0.29, 0.717) is 5.02 Å². The molecule has 0 saturated carbocycles. The van der Waals surface area contributed by atoms with Crippen LogP contribution in [-0.4, -0.2) is 6.17 Å². The fourth-order valence-electron chi connectivity index (χ4n) is 1.53. The summed E-state index contributed by atoms with van der Waals surface area (Å²) in [5.74, 6) is 0. The molecule has 1 aliphatic rings. The van der Waals surface area contributed by atoms with Gasteiger partial charge in [-0.15, -0.1) is 0 Å². The van der Waals surface area contributed by atoms with Crippen molar-refractivity contribution in [2.75, 3.05) is 11.1 Å². The number of rotatable bonds is 0. The van der Waals surface area contributed by atoms with Crippen molar-refractivity contribution in [1.82, 2.24) is 5.32 Å². The molecule has 1 atom stereocenters. The lowest BCUT2D eigenvalue weighted by atomic mass is 10.1.